The Morgan fingerprint density at radius 3 is 2.67 bits per heavy atom. The summed E-state index contributed by atoms with van der Waals surface area (Å²) in [5.41, 5.74) is 1.41. The minimum absolute atomic E-state index is 0.319. The van der Waals surface area contributed by atoms with E-state index in [1.54, 1.807) is 19.1 Å². The summed E-state index contributed by atoms with van der Waals surface area (Å²) in [4.78, 5) is 4.56. The first-order chi connectivity index (χ1) is 11.4. The molecular formula is C18H19ClFN3O. The van der Waals surface area contributed by atoms with Crippen molar-refractivity contribution in [1.82, 2.24) is 14.9 Å². The van der Waals surface area contributed by atoms with Gasteiger partial charge in [0, 0.05) is 18.6 Å². The molecule has 6 heteroatoms. The Bertz CT molecular complexity index is 859. The van der Waals surface area contributed by atoms with Crippen LogP contribution in [0.5, 0.6) is 0 Å². The minimum Gasteiger partial charge on any atom is -0.384 e. The Morgan fingerprint density at radius 2 is 1.96 bits per heavy atom. The molecular weight excluding hydrogens is 329 g/mol. The van der Waals surface area contributed by atoms with E-state index in [2.05, 4.69) is 10.3 Å². The van der Waals surface area contributed by atoms with Crippen LogP contribution >= 0.6 is 11.6 Å². The molecule has 0 spiro atoms. The molecule has 0 saturated heterocycles. The maximum atomic E-state index is 13.0. The maximum Gasteiger partial charge on any atom is 0.123 e. The number of imidazole rings is 1. The number of halogens is 2. The summed E-state index contributed by atoms with van der Waals surface area (Å²) in [6, 6.07) is 11.5. The van der Waals surface area contributed by atoms with Gasteiger partial charge in [0.05, 0.1) is 23.2 Å². The Balaban J connectivity index is 1.69. The molecule has 1 aromatic heterocycles. The first-order valence-corrected chi connectivity index (χ1v) is 8.04. The van der Waals surface area contributed by atoms with Gasteiger partial charge in [0.2, 0.25) is 0 Å². The van der Waals surface area contributed by atoms with Gasteiger partial charge in [-0.2, -0.15) is 0 Å². The number of aromatic nitrogens is 2. The van der Waals surface area contributed by atoms with Gasteiger partial charge in [-0.1, -0.05) is 23.7 Å². The summed E-state index contributed by atoms with van der Waals surface area (Å²) in [7, 11) is 1.94. The van der Waals surface area contributed by atoms with Crippen LogP contribution in [-0.4, -0.2) is 21.2 Å². The molecule has 3 aromatic rings. The molecule has 0 aliphatic rings. The van der Waals surface area contributed by atoms with Crippen molar-refractivity contribution in [3.63, 3.8) is 0 Å². The number of nitrogens with zero attached hydrogens (tertiary/aromatic N) is 2. The Kier molecular flexibility index (Phi) is 4.58. The van der Waals surface area contributed by atoms with Gasteiger partial charge in [-0.3, -0.25) is 0 Å². The standard InChI is InChI=1S/C18H19ClFN3O/c1-18(24,12-3-6-14(20)7-4-12)11-21-10-17-22-15-9-13(19)5-8-16(15)23(17)2/h3-9,21,24H,10-11H2,1-2H3. The number of aliphatic hydroxyl groups is 1. The third-order valence-electron chi connectivity index (χ3n) is 4.15. The van der Waals surface area contributed by atoms with Gasteiger partial charge in [0.15, 0.2) is 0 Å². The fourth-order valence-electron chi connectivity index (χ4n) is 2.71. The zero-order valence-electron chi connectivity index (χ0n) is 13.6. The van der Waals surface area contributed by atoms with E-state index in [1.807, 2.05) is 29.8 Å². The molecule has 2 N–H and O–H groups in total. The highest BCUT2D eigenvalue weighted by Crippen LogP contribution is 2.21. The van der Waals surface area contributed by atoms with E-state index in [4.69, 9.17) is 11.6 Å². The molecule has 0 aliphatic carbocycles. The van der Waals surface area contributed by atoms with Crippen LogP contribution in [0.3, 0.4) is 0 Å². The molecule has 0 aliphatic heterocycles. The van der Waals surface area contributed by atoms with Crippen LogP contribution < -0.4 is 5.32 Å². The lowest BCUT2D eigenvalue weighted by Crippen LogP contribution is -2.35. The van der Waals surface area contributed by atoms with Crippen LogP contribution in [0.4, 0.5) is 4.39 Å². The number of aryl methyl sites for hydroxylation is 1. The van der Waals surface area contributed by atoms with Gasteiger partial charge >= 0.3 is 0 Å². The molecule has 0 saturated carbocycles. The topological polar surface area (TPSA) is 50.1 Å². The van der Waals surface area contributed by atoms with E-state index in [0.717, 1.165) is 16.9 Å². The largest absolute Gasteiger partial charge is 0.384 e. The third-order valence-corrected chi connectivity index (χ3v) is 4.39. The molecule has 0 fully saturated rings. The second-order valence-electron chi connectivity index (χ2n) is 6.10. The molecule has 1 heterocycles. The number of hydrogen-bond donors (Lipinski definition) is 2. The molecule has 126 valence electrons. The maximum absolute atomic E-state index is 13.0. The minimum atomic E-state index is -1.10. The molecule has 1 unspecified atom stereocenters. The summed E-state index contributed by atoms with van der Waals surface area (Å²) in [5, 5.41) is 14.4. The van der Waals surface area contributed by atoms with Crippen molar-refractivity contribution in [3.05, 3.63) is 64.7 Å². The van der Waals surface area contributed by atoms with E-state index >= 15 is 0 Å². The summed E-state index contributed by atoms with van der Waals surface area (Å²) in [5.74, 6) is 0.531. The van der Waals surface area contributed by atoms with Gasteiger partial charge in [-0.05, 0) is 42.8 Å². The Hall–Kier alpha value is -1.95. The first-order valence-electron chi connectivity index (χ1n) is 7.67. The highest BCUT2D eigenvalue weighted by molar-refractivity contribution is 6.31. The van der Waals surface area contributed by atoms with Crippen LogP contribution in [0.1, 0.15) is 18.3 Å². The molecule has 0 bridgehead atoms. The lowest BCUT2D eigenvalue weighted by Gasteiger charge is -2.24. The third kappa shape index (κ3) is 3.43. The van der Waals surface area contributed by atoms with E-state index in [9.17, 15) is 9.50 Å². The van der Waals surface area contributed by atoms with Crippen molar-refractivity contribution in [2.45, 2.75) is 19.1 Å². The average molecular weight is 348 g/mol. The summed E-state index contributed by atoms with van der Waals surface area (Å²) in [6.07, 6.45) is 0. The summed E-state index contributed by atoms with van der Waals surface area (Å²) < 4.78 is 15.0. The molecule has 2 aromatic carbocycles. The SMILES string of the molecule is Cn1c(CNCC(C)(O)c2ccc(F)cc2)nc2cc(Cl)ccc21. The quantitative estimate of drug-likeness (QED) is 0.744. The van der Waals surface area contributed by atoms with Crippen molar-refractivity contribution < 1.29 is 9.50 Å². The van der Waals surface area contributed by atoms with Gasteiger partial charge in [-0.25, -0.2) is 9.37 Å². The average Bonchev–Trinajstić information content (AvgIpc) is 2.83. The molecule has 1 atom stereocenters. The van der Waals surface area contributed by atoms with Crippen LogP contribution in [0.2, 0.25) is 5.02 Å². The van der Waals surface area contributed by atoms with Crippen LogP contribution in [0.15, 0.2) is 42.5 Å². The van der Waals surface area contributed by atoms with Crippen molar-refractivity contribution >= 4 is 22.6 Å². The fraction of sp³-hybridized carbons (Fsp3) is 0.278. The highest BCUT2D eigenvalue weighted by atomic mass is 35.5. The van der Waals surface area contributed by atoms with Gasteiger partial charge in [-0.15, -0.1) is 0 Å². The van der Waals surface area contributed by atoms with Crippen molar-refractivity contribution in [1.29, 1.82) is 0 Å². The first kappa shape index (κ1) is 16.9. The second-order valence-corrected chi connectivity index (χ2v) is 6.54. The highest BCUT2D eigenvalue weighted by Gasteiger charge is 2.22. The predicted molar refractivity (Wildman–Crippen MR) is 93.4 cm³/mol. The number of nitrogens with one attached hydrogen (secondary N) is 1. The smallest absolute Gasteiger partial charge is 0.123 e. The molecule has 4 nitrogen and oxygen atoms in total. The molecule has 0 amide bonds. The van der Waals surface area contributed by atoms with Gasteiger partial charge in [0.1, 0.15) is 11.6 Å². The van der Waals surface area contributed by atoms with Gasteiger partial charge < -0.3 is 15.0 Å². The van der Waals surface area contributed by atoms with E-state index in [-0.39, 0.29) is 5.82 Å². The lowest BCUT2D eigenvalue weighted by atomic mass is 9.96. The molecule has 0 radical (unpaired) electrons. The summed E-state index contributed by atoms with van der Waals surface area (Å²) >= 11 is 6.00. The monoisotopic (exact) mass is 347 g/mol. The van der Waals surface area contributed by atoms with Crippen LogP contribution in [0, 0.1) is 5.82 Å². The number of fused-ring (bicyclic) bond motifs is 1. The molecule has 3 rings (SSSR count). The van der Waals surface area contributed by atoms with Crippen molar-refractivity contribution in [2.24, 2.45) is 7.05 Å². The lowest BCUT2D eigenvalue weighted by molar-refractivity contribution is 0.0564. The predicted octanol–water partition coefficient (Wildman–Crippen LogP) is 3.36. The van der Waals surface area contributed by atoms with Crippen LogP contribution in [0.25, 0.3) is 11.0 Å². The Labute approximate surface area is 144 Å². The normalized spacial score (nSPS) is 14.0. The summed E-state index contributed by atoms with van der Waals surface area (Å²) in [6.45, 7) is 2.52. The number of rotatable bonds is 5. The zero-order chi connectivity index (χ0) is 17.3. The van der Waals surface area contributed by atoms with Crippen molar-refractivity contribution in [2.75, 3.05) is 6.54 Å². The van der Waals surface area contributed by atoms with Crippen molar-refractivity contribution in [3.8, 4) is 0 Å². The fourth-order valence-corrected chi connectivity index (χ4v) is 2.88. The van der Waals surface area contributed by atoms with Crippen LogP contribution in [-0.2, 0) is 19.2 Å². The molecule has 24 heavy (non-hydrogen) atoms. The second kappa shape index (κ2) is 6.51. The Morgan fingerprint density at radius 1 is 1.25 bits per heavy atom. The number of hydrogen-bond acceptors (Lipinski definition) is 3. The van der Waals surface area contributed by atoms with E-state index in [0.29, 0.717) is 23.7 Å². The van der Waals surface area contributed by atoms with E-state index < -0.39 is 5.60 Å². The van der Waals surface area contributed by atoms with Gasteiger partial charge in [0.25, 0.3) is 0 Å². The zero-order valence-corrected chi connectivity index (χ0v) is 14.3. The number of benzene rings is 2. The van der Waals surface area contributed by atoms with E-state index in [1.165, 1.54) is 12.1 Å².